The summed E-state index contributed by atoms with van der Waals surface area (Å²) in [5.74, 6) is 1.34. The molecule has 0 radical (unpaired) electrons. The number of pyridine rings is 1. The van der Waals surface area contributed by atoms with E-state index >= 15 is 0 Å². The van der Waals surface area contributed by atoms with Crippen molar-refractivity contribution in [3.8, 4) is 11.3 Å². The topological polar surface area (TPSA) is 79.8 Å². The van der Waals surface area contributed by atoms with E-state index in [2.05, 4.69) is 39.4 Å². The fourth-order valence-electron chi connectivity index (χ4n) is 1.98. The van der Waals surface area contributed by atoms with E-state index in [0.717, 1.165) is 11.3 Å². The van der Waals surface area contributed by atoms with Gasteiger partial charge in [0.05, 0.1) is 18.4 Å². The Balaban J connectivity index is 1.94. The third kappa shape index (κ3) is 2.32. The monoisotopic (exact) mass is 269 g/mol. The molecule has 1 aliphatic heterocycles. The first-order valence-electron chi connectivity index (χ1n) is 6.50. The highest BCUT2D eigenvalue weighted by molar-refractivity contribution is 5.98. The summed E-state index contributed by atoms with van der Waals surface area (Å²) >= 11 is 0. The molecule has 102 valence electrons. The largest absolute Gasteiger partial charge is 0.358 e. The molecule has 6 nitrogen and oxygen atoms in total. The number of amides is 1. The first-order valence-corrected chi connectivity index (χ1v) is 6.50. The van der Waals surface area contributed by atoms with E-state index in [1.54, 1.807) is 12.4 Å². The van der Waals surface area contributed by atoms with Gasteiger partial charge in [0, 0.05) is 17.5 Å². The molecule has 0 fully saturated rings. The van der Waals surface area contributed by atoms with Crippen molar-refractivity contribution in [3.63, 3.8) is 0 Å². The highest BCUT2D eigenvalue weighted by Crippen LogP contribution is 2.24. The molecule has 3 rings (SSSR count). The molecule has 2 aromatic rings. The zero-order valence-corrected chi connectivity index (χ0v) is 11.3. The summed E-state index contributed by atoms with van der Waals surface area (Å²) in [4.78, 5) is 24.4. The molecule has 1 aliphatic rings. The van der Waals surface area contributed by atoms with Crippen LogP contribution < -0.4 is 10.6 Å². The molecule has 0 saturated carbocycles. The number of carbonyl (C=O) groups excluding carboxylic acids is 1. The Labute approximate surface area is 116 Å². The minimum Gasteiger partial charge on any atom is -0.358 e. The van der Waals surface area contributed by atoms with Crippen LogP contribution in [0.15, 0.2) is 24.5 Å². The molecule has 0 unspecified atom stereocenters. The van der Waals surface area contributed by atoms with E-state index in [0.29, 0.717) is 23.2 Å². The lowest BCUT2D eigenvalue weighted by atomic mass is 10.1. The lowest BCUT2D eigenvalue weighted by molar-refractivity contribution is -0.114. The fourth-order valence-corrected chi connectivity index (χ4v) is 1.98. The Morgan fingerprint density at radius 3 is 2.70 bits per heavy atom. The maximum Gasteiger partial charge on any atom is 0.244 e. The first kappa shape index (κ1) is 12.5. The highest BCUT2D eigenvalue weighted by atomic mass is 16.2. The van der Waals surface area contributed by atoms with Crippen molar-refractivity contribution < 1.29 is 4.79 Å². The quantitative estimate of drug-likeness (QED) is 0.872. The number of fused-ring (bicyclic) bond motifs is 1. The molecule has 3 heterocycles. The van der Waals surface area contributed by atoms with Crippen LogP contribution in [-0.4, -0.2) is 27.4 Å². The molecule has 0 aliphatic carbocycles. The van der Waals surface area contributed by atoms with Crippen LogP contribution in [0.4, 0.5) is 11.6 Å². The Bertz CT molecular complexity index is 651. The highest BCUT2D eigenvalue weighted by Gasteiger charge is 2.17. The molecular formula is C14H15N5O. The van der Waals surface area contributed by atoms with Gasteiger partial charge in [-0.25, -0.2) is 9.97 Å². The SMILES string of the molecule is CC(C)c1ccc(-c2cnc3c(n2)NC(=O)CN3)cn1. The van der Waals surface area contributed by atoms with Crippen LogP contribution in [0.1, 0.15) is 25.5 Å². The maximum absolute atomic E-state index is 11.3. The molecule has 2 N–H and O–H groups in total. The van der Waals surface area contributed by atoms with E-state index in [4.69, 9.17) is 0 Å². The summed E-state index contributed by atoms with van der Waals surface area (Å²) in [6, 6.07) is 3.95. The van der Waals surface area contributed by atoms with Crippen LogP contribution in [0.5, 0.6) is 0 Å². The van der Waals surface area contributed by atoms with E-state index in [1.807, 2.05) is 12.1 Å². The second-order valence-corrected chi connectivity index (χ2v) is 4.98. The standard InChI is InChI=1S/C14H15N5O/c1-8(2)10-4-3-9(5-15-10)11-6-16-13-14(18-11)19-12(20)7-17-13/h3-6,8H,7H2,1-2H3,(H,16,17)(H,18,19,20). The number of anilines is 2. The first-order chi connectivity index (χ1) is 9.63. The normalized spacial score (nSPS) is 13.7. The number of hydrogen-bond donors (Lipinski definition) is 2. The van der Waals surface area contributed by atoms with Crippen molar-refractivity contribution in [2.45, 2.75) is 19.8 Å². The minimum absolute atomic E-state index is 0.114. The van der Waals surface area contributed by atoms with Gasteiger partial charge in [-0.1, -0.05) is 13.8 Å². The van der Waals surface area contributed by atoms with Gasteiger partial charge >= 0.3 is 0 Å². The van der Waals surface area contributed by atoms with E-state index < -0.39 is 0 Å². The number of carbonyl (C=O) groups is 1. The van der Waals surface area contributed by atoms with Gasteiger partial charge in [-0.15, -0.1) is 0 Å². The van der Waals surface area contributed by atoms with Gasteiger partial charge in [-0.05, 0) is 18.1 Å². The van der Waals surface area contributed by atoms with Gasteiger partial charge in [0.1, 0.15) is 0 Å². The molecule has 0 spiro atoms. The second-order valence-electron chi connectivity index (χ2n) is 4.98. The van der Waals surface area contributed by atoms with Crippen LogP contribution in [-0.2, 0) is 4.79 Å². The smallest absolute Gasteiger partial charge is 0.244 e. The van der Waals surface area contributed by atoms with E-state index in [9.17, 15) is 4.79 Å². The summed E-state index contributed by atoms with van der Waals surface area (Å²) in [6.45, 7) is 4.43. The van der Waals surface area contributed by atoms with Crippen molar-refractivity contribution in [3.05, 3.63) is 30.2 Å². The Morgan fingerprint density at radius 1 is 1.15 bits per heavy atom. The lowest BCUT2D eigenvalue weighted by Crippen LogP contribution is -2.28. The Hall–Kier alpha value is -2.50. The van der Waals surface area contributed by atoms with Gasteiger partial charge in [0.15, 0.2) is 11.6 Å². The van der Waals surface area contributed by atoms with Crippen molar-refractivity contribution in [1.29, 1.82) is 0 Å². The second kappa shape index (κ2) is 4.88. The molecule has 20 heavy (non-hydrogen) atoms. The van der Waals surface area contributed by atoms with E-state index in [1.165, 1.54) is 0 Å². The molecular weight excluding hydrogens is 254 g/mol. The summed E-state index contributed by atoms with van der Waals surface area (Å²) in [5.41, 5.74) is 2.61. The van der Waals surface area contributed by atoms with Crippen LogP contribution in [0.3, 0.4) is 0 Å². The third-order valence-corrected chi connectivity index (χ3v) is 3.12. The van der Waals surface area contributed by atoms with Crippen molar-refractivity contribution >= 4 is 17.5 Å². The molecule has 0 saturated heterocycles. The van der Waals surface area contributed by atoms with Crippen LogP contribution in [0.25, 0.3) is 11.3 Å². The van der Waals surface area contributed by atoms with Gasteiger partial charge in [0.25, 0.3) is 0 Å². The number of hydrogen-bond acceptors (Lipinski definition) is 5. The van der Waals surface area contributed by atoms with Crippen LogP contribution in [0.2, 0.25) is 0 Å². The van der Waals surface area contributed by atoms with Gasteiger partial charge in [-0.3, -0.25) is 9.78 Å². The number of aromatic nitrogens is 3. The fraction of sp³-hybridized carbons (Fsp3) is 0.286. The minimum atomic E-state index is -0.114. The Morgan fingerprint density at radius 2 is 2.00 bits per heavy atom. The molecule has 0 bridgehead atoms. The zero-order valence-electron chi connectivity index (χ0n) is 11.3. The van der Waals surface area contributed by atoms with Crippen LogP contribution >= 0.6 is 0 Å². The summed E-state index contributed by atoms with van der Waals surface area (Å²) in [6.07, 6.45) is 3.46. The van der Waals surface area contributed by atoms with Crippen molar-refractivity contribution in [2.24, 2.45) is 0 Å². The molecule has 0 aromatic carbocycles. The number of nitrogens with zero attached hydrogens (tertiary/aromatic N) is 3. The zero-order chi connectivity index (χ0) is 14.1. The van der Waals surface area contributed by atoms with Gasteiger partial charge in [0.2, 0.25) is 5.91 Å². The molecule has 1 amide bonds. The lowest BCUT2D eigenvalue weighted by Gasteiger charge is -2.17. The van der Waals surface area contributed by atoms with Crippen LogP contribution in [0, 0.1) is 0 Å². The predicted octanol–water partition coefficient (Wildman–Crippen LogP) is 2.03. The maximum atomic E-state index is 11.3. The predicted molar refractivity (Wildman–Crippen MR) is 76.5 cm³/mol. The molecule has 6 heteroatoms. The Kier molecular flexibility index (Phi) is 3.06. The van der Waals surface area contributed by atoms with Crippen molar-refractivity contribution in [2.75, 3.05) is 17.2 Å². The summed E-state index contributed by atoms with van der Waals surface area (Å²) in [7, 11) is 0. The average Bonchev–Trinajstić information content (AvgIpc) is 2.46. The van der Waals surface area contributed by atoms with E-state index in [-0.39, 0.29) is 12.5 Å². The summed E-state index contributed by atoms with van der Waals surface area (Å²) in [5, 5.41) is 5.62. The number of rotatable bonds is 2. The number of nitrogens with one attached hydrogen (secondary N) is 2. The third-order valence-electron chi connectivity index (χ3n) is 3.12. The summed E-state index contributed by atoms with van der Waals surface area (Å²) < 4.78 is 0. The van der Waals surface area contributed by atoms with Gasteiger partial charge < -0.3 is 10.6 Å². The molecule has 0 atom stereocenters. The molecule has 2 aromatic heterocycles. The van der Waals surface area contributed by atoms with Gasteiger partial charge in [-0.2, -0.15) is 0 Å². The average molecular weight is 269 g/mol. The van der Waals surface area contributed by atoms with Crippen molar-refractivity contribution in [1.82, 2.24) is 15.0 Å².